The fourth-order valence-corrected chi connectivity index (χ4v) is 3.50. The van der Waals surface area contributed by atoms with Crippen LogP contribution in [0.3, 0.4) is 0 Å². The Morgan fingerprint density at radius 1 is 1.13 bits per heavy atom. The van der Waals surface area contributed by atoms with E-state index in [1.807, 2.05) is 43.3 Å². The molecular weight excluding hydrogens is 326 g/mol. The molecule has 1 heterocycles. The number of nitrogens with zero attached hydrogens (tertiary/aromatic N) is 1. The third kappa shape index (κ3) is 3.25. The molecule has 0 radical (unpaired) electrons. The summed E-state index contributed by atoms with van der Waals surface area (Å²) in [4.78, 5) is 26.7. The number of imide groups is 1. The van der Waals surface area contributed by atoms with Gasteiger partial charge < -0.3 is 0 Å². The predicted octanol–water partition coefficient (Wildman–Crippen LogP) is 4.04. The van der Waals surface area contributed by atoms with Crippen molar-refractivity contribution in [2.24, 2.45) is 0 Å². The Hall–Kier alpha value is -2.24. The molecule has 3 rings (SSSR count). The fourth-order valence-electron chi connectivity index (χ4n) is 2.25. The van der Waals surface area contributed by atoms with Gasteiger partial charge in [0.15, 0.2) is 4.32 Å². The second-order valence-electron chi connectivity index (χ2n) is 5.10. The van der Waals surface area contributed by atoms with Crippen LogP contribution in [0.25, 0.3) is 6.08 Å². The molecule has 0 aromatic heterocycles. The molecule has 0 aliphatic carbocycles. The minimum absolute atomic E-state index is 0.267. The van der Waals surface area contributed by atoms with E-state index < -0.39 is 0 Å². The predicted molar refractivity (Wildman–Crippen MR) is 97.0 cm³/mol. The highest BCUT2D eigenvalue weighted by Gasteiger charge is 2.37. The fraction of sp³-hybridized carbons (Fsp3) is 0.0556. The summed E-state index contributed by atoms with van der Waals surface area (Å²) in [5.74, 6) is -0.747. The number of hydrogen-bond donors (Lipinski definition) is 0. The van der Waals surface area contributed by atoms with Crippen molar-refractivity contribution in [1.82, 2.24) is 4.90 Å². The molecule has 5 heteroatoms. The first-order chi connectivity index (χ1) is 11.1. The maximum Gasteiger partial charge on any atom is 0.273 e. The van der Waals surface area contributed by atoms with E-state index in [4.69, 9.17) is 12.2 Å². The Morgan fingerprint density at radius 2 is 1.87 bits per heavy atom. The van der Waals surface area contributed by atoms with Crippen molar-refractivity contribution in [2.45, 2.75) is 6.92 Å². The van der Waals surface area contributed by atoms with Crippen LogP contribution in [0.1, 0.15) is 21.5 Å². The van der Waals surface area contributed by atoms with E-state index in [0.717, 1.165) is 27.8 Å². The molecule has 0 saturated carbocycles. The van der Waals surface area contributed by atoms with Gasteiger partial charge in [-0.2, -0.15) is 0 Å². The molecule has 1 fully saturated rings. The van der Waals surface area contributed by atoms with Gasteiger partial charge in [-0.05, 0) is 30.7 Å². The Bertz CT molecular complexity index is 828. The molecule has 23 heavy (non-hydrogen) atoms. The van der Waals surface area contributed by atoms with Crippen LogP contribution in [-0.2, 0) is 4.79 Å². The maximum absolute atomic E-state index is 12.6. The highest BCUT2D eigenvalue weighted by Crippen LogP contribution is 2.33. The van der Waals surface area contributed by atoms with E-state index in [9.17, 15) is 9.59 Å². The first-order valence-corrected chi connectivity index (χ1v) is 8.23. The largest absolute Gasteiger partial charge is 0.273 e. The first-order valence-electron chi connectivity index (χ1n) is 7.00. The Balaban J connectivity index is 1.90. The molecule has 0 atom stereocenters. The number of benzene rings is 2. The SMILES string of the molecule is Cc1cccc(C(=O)N2C(=O)C(=Cc3ccccc3)SC2=S)c1. The normalized spacial score (nSPS) is 16.2. The second-order valence-corrected chi connectivity index (χ2v) is 6.78. The molecule has 0 unspecified atom stereocenters. The lowest BCUT2D eigenvalue weighted by Gasteiger charge is -2.12. The van der Waals surface area contributed by atoms with Crippen LogP contribution in [0.15, 0.2) is 59.5 Å². The van der Waals surface area contributed by atoms with Crippen molar-refractivity contribution in [1.29, 1.82) is 0 Å². The number of carbonyl (C=O) groups excluding carboxylic acids is 2. The number of thiocarbonyl (C=S) groups is 1. The van der Waals surface area contributed by atoms with Crippen LogP contribution in [0, 0.1) is 6.92 Å². The maximum atomic E-state index is 12.6. The molecule has 2 amide bonds. The van der Waals surface area contributed by atoms with Gasteiger partial charge in [0.05, 0.1) is 4.91 Å². The third-order valence-electron chi connectivity index (χ3n) is 3.36. The molecule has 3 nitrogen and oxygen atoms in total. The van der Waals surface area contributed by atoms with Gasteiger partial charge in [0.2, 0.25) is 0 Å². The van der Waals surface area contributed by atoms with Crippen LogP contribution < -0.4 is 0 Å². The van der Waals surface area contributed by atoms with Gasteiger partial charge in [-0.25, -0.2) is 4.90 Å². The lowest BCUT2D eigenvalue weighted by atomic mass is 10.1. The van der Waals surface area contributed by atoms with Crippen molar-refractivity contribution in [3.8, 4) is 0 Å². The van der Waals surface area contributed by atoms with Crippen LogP contribution in [-0.4, -0.2) is 21.0 Å². The Labute approximate surface area is 144 Å². The monoisotopic (exact) mass is 339 g/mol. The van der Waals surface area contributed by atoms with Crippen LogP contribution in [0.4, 0.5) is 0 Å². The van der Waals surface area contributed by atoms with Crippen molar-refractivity contribution in [3.63, 3.8) is 0 Å². The molecule has 0 bridgehead atoms. The minimum Gasteiger partial charge on any atom is -0.268 e. The molecular formula is C18H13NO2S2. The standard InChI is InChI=1S/C18H13NO2S2/c1-12-6-5-9-14(10-12)16(20)19-17(21)15(23-18(19)22)11-13-7-3-2-4-8-13/h2-11H,1H3. The molecule has 1 aliphatic rings. The highest BCUT2D eigenvalue weighted by atomic mass is 32.2. The third-order valence-corrected chi connectivity index (χ3v) is 4.66. The smallest absolute Gasteiger partial charge is 0.268 e. The Kier molecular flexibility index (Phi) is 4.41. The number of rotatable bonds is 2. The van der Waals surface area contributed by atoms with Gasteiger partial charge in [-0.1, -0.05) is 72.0 Å². The van der Waals surface area contributed by atoms with Gasteiger partial charge in [0, 0.05) is 5.56 Å². The molecule has 1 saturated heterocycles. The number of thioether (sulfide) groups is 1. The zero-order valence-corrected chi connectivity index (χ0v) is 14.0. The highest BCUT2D eigenvalue weighted by molar-refractivity contribution is 8.26. The van der Waals surface area contributed by atoms with Crippen molar-refractivity contribution >= 4 is 46.2 Å². The van der Waals surface area contributed by atoms with E-state index >= 15 is 0 Å². The van der Waals surface area contributed by atoms with E-state index in [1.54, 1.807) is 24.3 Å². The van der Waals surface area contributed by atoms with Gasteiger partial charge in [-0.3, -0.25) is 9.59 Å². The van der Waals surface area contributed by atoms with Crippen LogP contribution in [0.2, 0.25) is 0 Å². The molecule has 0 spiro atoms. The van der Waals surface area contributed by atoms with Crippen LogP contribution in [0.5, 0.6) is 0 Å². The summed E-state index contributed by atoms with van der Waals surface area (Å²) in [7, 11) is 0. The minimum atomic E-state index is -0.382. The lowest BCUT2D eigenvalue weighted by Crippen LogP contribution is -2.34. The molecule has 1 aliphatic heterocycles. The average molecular weight is 339 g/mol. The van der Waals surface area contributed by atoms with Crippen molar-refractivity contribution in [3.05, 3.63) is 76.2 Å². The van der Waals surface area contributed by atoms with E-state index in [-0.39, 0.29) is 16.1 Å². The van der Waals surface area contributed by atoms with E-state index in [1.165, 1.54) is 0 Å². The number of hydrogen-bond acceptors (Lipinski definition) is 4. The zero-order chi connectivity index (χ0) is 16.4. The van der Waals surface area contributed by atoms with E-state index in [0.29, 0.717) is 10.5 Å². The summed E-state index contributed by atoms with van der Waals surface area (Å²) in [5, 5.41) is 0. The lowest BCUT2D eigenvalue weighted by molar-refractivity contribution is -0.120. The quantitative estimate of drug-likeness (QED) is 0.470. The summed E-state index contributed by atoms with van der Waals surface area (Å²) in [6.07, 6.45) is 1.75. The van der Waals surface area contributed by atoms with Gasteiger partial charge in [-0.15, -0.1) is 0 Å². The van der Waals surface area contributed by atoms with E-state index in [2.05, 4.69) is 0 Å². The van der Waals surface area contributed by atoms with Gasteiger partial charge in [0.1, 0.15) is 0 Å². The summed E-state index contributed by atoms with van der Waals surface area (Å²) in [6.45, 7) is 1.90. The first kappa shape index (κ1) is 15.6. The summed E-state index contributed by atoms with van der Waals surface area (Å²) < 4.78 is 0.267. The van der Waals surface area contributed by atoms with Gasteiger partial charge >= 0.3 is 0 Å². The van der Waals surface area contributed by atoms with Crippen molar-refractivity contribution < 1.29 is 9.59 Å². The topological polar surface area (TPSA) is 37.4 Å². The number of amides is 2. The van der Waals surface area contributed by atoms with Gasteiger partial charge in [0.25, 0.3) is 11.8 Å². The summed E-state index contributed by atoms with van der Waals surface area (Å²) in [6, 6.07) is 16.6. The molecule has 2 aromatic rings. The number of carbonyl (C=O) groups is 2. The zero-order valence-electron chi connectivity index (χ0n) is 12.4. The summed E-state index contributed by atoms with van der Waals surface area (Å²) >= 11 is 6.38. The molecule has 114 valence electrons. The van der Waals surface area contributed by atoms with Crippen molar-refractivity contribution in [2.75, 3.05) is 0 Å². The second kappa shape index (κ2) is 6.48. The Morgan fingerprint density at radius 3 is 2.57 bits per heavy atom. The number of aryl methyl sites for hydroxylation is 1. The average Bonchev–Trinajstić information content (AvgIpc) is 2.82. The van der Waals surface area contributed by atoms with Crippen LogP contribution >= 0.6 is 24.0 Å². The molecule has 2 aromatic carbocycles. The molecule has 0 N–H and O–H groups in total. The summed E-state index contributed by atoms with van der Waals surface area (Å²) in [5.41, 5.74) is 2.32.